The highest BCUT2D eigenvalue weighted by Gasteiger charge is 2.15. The predicted octanol–water partition coefficient (Wildman–Crippen LogP) is 4.96. The van der Waals surface area contributed by atoms with E-state index >= 15 is 0 Å². The number of urea groups is 1. The zero-order valence-electron chi connectivity index (χ0n) is 16.4. The molecule has 0 atom stereocenters. The Kier molecular flexibility index (Phi) is 6.63. The van der Waals surface area contributed by atoms with Crippen LogP contribution in [0.1, 0.15) is 0 Å². The molecule has 0 saturated heterocycles. The Bertz CT molecular complexity index is 1170. The van der Waals surface area contributed by atoms with Crippen molar-refractivity contribution in [3.05, 3.63) is 77.3 Å². The summed E-state index contributed by atoms with van der Waals surface area (Å²) in [6, 6.07) is 19.9. The van der Waals surface area contributed by atoms with Gasteiger partial charge in [0, 0.05) is 35.6 Å². The Hall–Kier alpha value is -3.04. The molecular formula is C21H21BrN4O3S. The van der Waals surface area contributed by atoms with Crippen LogP contribution in [0, 0.1) is 0 Å². The fraction of sp³-hybridized carbons (Fsp3) is 0.0952. The first-order chi connectivity index (χ1) is 14.2. The number of carbonyl (C=O) groups excluding carboxylic acids is 1. The summed E-state index contributed by atoms with van der Waals surface area (Å²) >= 11 is 3.27. The Morgan fingerprint density at radius 1 is 0.833 bits per heavy atom. The molecule has 2 amide bonds. The number of nitrogens with one attached hydrogen (secondary N) is 3. The molecule has 7 nitrogen and oxygen atoms in total. The highest BCUT2D eigenvalue weighted by Crippen LogP contribution is 2.22. The third-order valence-corrected chi connectivity index (χ3v) is 5.97. The van der Waals surface area contributed by atoms with Crippen LogP contribution in [0.2, 0.25) is 0 Å². The first-order valence-electron chi connectivity index (χ1n) is 8.97. The largest absolute Gasteiger partial charge is 0.378 e. The standard InChI is InChI=1S/C21H21BrN4O3S/c1-26(2)19-10-5-8-17(14-19)24-21(27)23-16-7-4-9-18(13-16)25-30(28,29)20-11-3-6-15(22)12-20/h3-14,25H,1-2H3,(H2,23,24,27). The second-order valence-corrected chi connectivity index (χ2v) is 9.27. The molecule has 156 valence electrons. The molecular weight excluding hydrogens is 468 g/mol. The number of amides is 2. The second kappa shape index (κ2) is 9.19. The number of sulfonamides is 1. The van der Waals surface area contributed by atoms with E-state index in [1.807, 2.05) is 37.2 Å². The van der Waals surface area contributed by atoms with Crippen LogP contribution in [-0.4, -0.2) is 28.5 Å². The molecule has 3 N–H and O–H groups in total. The topological polar surface area (TPSA) is 90.5 Å². The third-order valence-electron chi connectivity index (χ3n) is 4.10. The van der Waals surface area contributed by atoms with Crippen LogP contribution in [0.25, 0.3) is 0 Å². The first kappa shape index (κ1) is 21.7. The summed E-state index contributed by atoms with van der Waals surface area (Å²) < 4.78 is 28.3. The average Bonchev–Trinajstić information content (AvgIpc) is 2.68. The molecule has 0 heterocycles. The lowest BCUT2D eigenvalue weighted by atomic mass is 10.2. The van der Waals surface area contributed by atoms with Crippen molar-refractivity contribution in [2.24, 2.45) is 0 Å². The van der Waals surface area contributed by atoms with Gasteiger partial charge < -0.3 is 15.5 Å². The lowest BCUT2D eigenvalue weighted by molar-refractivity contribution is 0.262. The highest BCUT2D eigenvalue weighted by molar-refractivity contribution is 9.10. The first-order valence-corrected chi connectivity index (χ1v) is 11.2. The Balaban J connectivity index is 1.69. The Labute approximate surface area is 184 Å². The lowest BCUT2D eigenvalue weighted by Gasteiger charge is -2.14. The minimum atomic E-state index is -3.76. The Morgan fingerprint density at radius 3 is 2.10 bits per heavy atom. The molecule has 0 unspecified atom stereocenters. The molecule has 3 aromatic carbocycles. The van der Waals surface area contributed by atoms with Crippen LogP contribution in [-0.2, 0) is 10.0 Å². The summed E-state index contributed by atoms with van der Waals surface area (Å²) in [5.74, 6) is 0. The molecule has 0 spiro atoms. The zero-order valence-corrected chi connectivity index (χ0v) is 18.8. The van der Waals surface area contributed by atoms with E-state index in [4.69, 9.17) is 0 Å². The van der Waals surface area contributed by atoms with Crippen LogP contribution >= 0.6 is 15.9 Å². The van der Waals surface area contributed by atoms with E-state index in [0.717, 1.165) is 5.69 Å². The van der Waals surface area contributed by atoms with Gasteiger partial charge in [0.1, 0.15) is 0 Å². The number of carbonyl (C=O) groups is 1. The molecule has 0 aliphatic heterocycles. The lowest BCUT2D eigenvalue weighted by Crippen LogP contribution is -2.20. The summed E-state index contributed by atoms with van der Waals surface area (Å²) in [4.78, 5) is 14.4. The van der Waals surface area contributed by atoms with Gasteiger partial charge in [0.2, 0.25) is 0 Å². The number of anilines is 4. The van der Waals surface area contributed by atoms with E-state index in [1.54, 1.807) is 42.5 Å². The normalized spacial score (nSPS) is 10.9. The fourth-order valence-electron chi connectivity index (χ4n) is 2.66. The van der Waals surface area contributed by atoms with Gasteiger partial charge in [0.25, 0.3) is 10.0 Å². The number of halogens is 1. The molecule has 30 heavy (non-hydrogen) atoms. The number of hydrogen-bond acceptors (Lipinski definition) is 4. The molecule has 3 aromatic rings. The van der Waals surface area contributed by atoms with Gasteiger partial charge in [-0.3, -0.25) is 4.72 Å². The molecule has 0 aliphatic carbocycles. The minimum Gasteiger partial charge on any atom is -0.378 e. The summed E-state index contributed by atoms with van der Waals surface area (Å²) in [6.07, 6.45) is 0. The van der Waals surface area contributed by atoms with E-state index in [0.29, 0.717) is 21.5 Å². The molecule has 0 saturated carbocycles. The number of hydrogen-bond donors (Lipinski definition) is 3. The monoisotopic (exact) mass is 488 g/mol. The van der Waals surface area contributed by atoms with Gasteiger partial charge in [0.05, 0.1) is 10.6 Å². The van der Waals surface area contributed by atoms with Crippen LogP contribution in [0.5, 0.6) is 0 Å². The van der Waals surface area contributed by atoms with E-state index in [1.165, 1.54) is 12.1 Å². The summed E-state index contributed by atoms with van der Waals surface area (Å²) in [7, 11) is 0.0776. The van der Waals surface area contributed by atoms with Gasteiger partial charge in [-0.1, -0.05) is 34.1 Å². The van der Waals surface area contributed by atoms with Crippen molar-refractivity contribution < 1.29 is 13.2 Å². The summed E-state index contributed by atoms with van der Waals surface area (Å²) in [5.41, 5.74) is 2.38. The van der Waals surface area contributed by atoms with E-state index in [9.17, 15) is 13.2 Å². The van der Waals surface area contributed by atoms with Gasteiger partial charge in [-0.2, -0.15) is 0 Å². The maximum absolute atomic E-state index is 12.6. The van der Waals surface area contributed by atoms with Crippen LogP contribution < -0.4 is 20.3 Å². The van der Waals surface area contributed by atoms with E-state index in [-0.39, 0.29) is 4.90 Å². The minimum absolute atomic E-state index is 0.133. The summed E-state index contributed by atoms with van der Waals surface area (Å²) in [5, 5.41) is 5.47. The quantitative estimate of drug-likeness (QED) is 0.457. The maximum Gasteiger partial charge on any atom is 0.323 e. The van der Waals surface area contributed by atoms with Crippen molar-refractivity contribution in [3.63, 3.8) is 0 Å². The van der Waals surface area contributed by atoms with Crippen molar-refractivity contribution in [1.82, 2.24) is 0 Å². The smallest absolute Gasteiger partial charge is 0.323 e. The molecule has 0 radical (unpaired) electrons. The fourth-order valence-corrected chi connectivity index (χ4v) is 4.31. The van der Waals surface area contributed by atoms with Gasteiger partial charge in [0.15, 0.2) is 0 Å². The molecule has 0 fully saturated rings. The van der Waals surface area contributed by atoms with Crippen molar-refractivity contribution in [3.8, 4) is 0 Å². The van der Waals surface area contributed by atoms with Gasteiger partial charge in [-0.15, -0.1) is 0 Å². The van der Waals surface area contributed by atoms with Gasteiger partial charge in [-0.25, -0.2) is 13.2 Å². The number of benzene rings is 3. The van der Waals surface area contributed by atoms with E-state index < -0.39 is 16.1 Å². The van der Waals surface area contributed by atoms with Crippen molar-refractivity contribution in [2.45, 2.75) is 4.90 Å². The van der Waals surface area contributed by atoms with Crippen molar-refractivity contribution in [2.75, 3.05) is 34.4 Å². The Morgan fingerprint density at radius 2 is 1.43 bits per heavy atom. The van der Waals surface area contributed by atoms with Crippen LogP contribution in [0.4, 0.5) is 27.5 Å². The van der Waals surface area contributed by atoms with Crippen molar-refractivity contribution >= 4 is 54.7 Å². The second-order valence-electron chi connectivity index (χ2n) is 6.67. The number of nitrogens with zero attached hydrogens (tertiary/aromatic N) is 1. The summed E-state index contributed by atoms with van der Waals surface area (Å²) in [6.45, 7) is 0. The molecule has 0 aliphatic rings. The zero-order chi connectivity index (χ0) is 21.7. The molecule has 0 aromatic heterocycles. The van der Waals surface area contributed by atoms with E-state index in [2.05, 4.69) is 31.3 Å². The number of rotatable bonds is 6. The molecule has 0 bridgehead atoms. The third kappa shape index (κ3) is 5.74. The highest BCUT2D eigenvalue weighted by atomic mass is 79.9. The predicted molar refractivity (Wildman–Crippen MR) is 125 cm³/mol. The average molecular weight is 489 g/mol. The van der Waals surface area contributed by atoms with Crippen molar-refractivity contribution in [1.29, 1.82) is 0 Å². The SMILES string of the molecule is CN(C)c1cccc(NC(=O)Nc2cccc(NS(=O)(=O)c3cccc(Br)c3)c2)c1. The van der Waals surface area contributed by atoms with Crippen LogP contribution in [0.15, 0.2) is 82.2 Å². The van der Waals surface area contributed by atoms with Crippen LogP contribution in [0.3, 0.4) is 0 Å². The molecule has 9 heteroatoms. The van der Waals surface area contributed by atoms with Gasteiger partial charge >= 0.3 is 6.03 Å². The molecule has 3 rings (SSSR count). The van der Waals surface area contributed by atoms with Gasteiger partial charge in [-0.05, 0) is 54.6 Å². The maximum atomic E-state index is 12.6.